The molecular formula is C15H19FN4. The summed E-state index contributed by atoms with van der Waals surface area (Å²) in [5.41, 5.74) is 6.83. The van der Waals surface area contributed by atoms with Crippen LogP contribution in [0.2, 0.25) is 0 Å². The number of hydrogen-bond acceptors (Lipinski definition) is 4. The fraction of sp³-hybridized carbons (Fsp3) is 0.333. The van der Waals surface area contributed by atoms with Crippen LogP contribution in [0.15, 0.2) is 30.3 Å². The van der Waals surface area contributed by atoms with E-state index in [1.165, 1.54) is 12.1 Å². The first-order valence-electron chi connectivity index (χ1n) is 6.55. The van der Waals surface area contributed by atoms with Gasteiger partial charge in [0.25, 0.3) is 0 Å². The smallest absolute Gasteiger partial charge is 0.135 e. The SMILES string of the molecule is CC(C)c1nc(N)cc(N(C)Cc2ccc(F)cc2)n1. The molecule has 0 saturated carbocycles. The highest BCUT2D eigenvalue weighted by Crippen LogP contribution is 2.19. The van der Waals surface area contributed by atoms with Gasteiger partial charge >= 0.3 is 0 Å². The fourth-order valence-electron chi connectivity index (χ4n) is 1.87. The standard InChI is InChI=1S/C15H19FN4/c1-10(2)15-18-13(17)8-14(19-15)20(3)9-11-4-6-12(16)7-5-11/h4-8,10H,9H2,1-3H3,(H2,17,18,19). The van der Waals surface area contributed by atoms with Crippen molar-refractivity contribution in [2.75, 3.05) is 17.7 Å². The van der Waals surface area contributed by atoms with E-state index in [-0.39, 0.29) is 11.7 Å². The van der Waals surface area contributed by atoms with E-state index in [2.05, 4.69) is 9.97 Å². The Morgan fingerprint density at radius 1 is 1.20 bits per heavy atom. The van der Waals surface area contributed by atoms with Crippen molar-refractivity contribution in [2.24, 2.45) is 0 Å². The van der Waals surface area contributed by atoms with Crippen LogP contribution in [-0.2, 0) is 6.54 Å². The summed E-state index contributed by atoms with van der Waals surface area (Å²) in [7, 11) is 1.93. The minimum atomic E-state index is -0.232. The van der Waals surface area contributed by atoms with Gasteiger partial charge in [-0.1, -0.05) is 26.0 Å². The highest BCUT2D eigenvalue weighted by molar-refractivity contribution is 5.47. The molecule has 0 amide bonds. The first-order chi connectivity index (χ1) is 9.45. The van der Waals surface area contributed by atoms with E-state index in [1.807, 2.05) is 25.8 Å². The van der Waals surface area contributed by atoms with Crippen LogP contribution in [0.3, 0.4) is 0 Å². The number of benzene rings is 1. The predicted octanol–water partition coefficient (Wildman–Crippen LogP) is 2.96. The molecule has 20 heavy (non-hydrogen) atoms. The van der Waals surface area contributed by atoms with Gasteiger partial charge in [0, 0.05) is 25.6 Å². The second kappa shape index (κ2) is 5.86. The number of aromatic nitrogens is 2. The van der Waals surface area contributed by atoms with Gasteiger partial charge in [-0.25, -0.2) is 14.4 Å². The van der Waals surface area contributed by atoms with E-state index in [1.54, 1.807) is 18.2 Å². The molecule has 2 aromatic rings. The average molecular weight is 274 g/mol. The van der Waals surface area contributed by atoms with Crippen LogP contribution in [0.4, 0.5) is 16.0 Å². The molecule has 4 nitrogen and oxygen atoms in total. The van der Waals surface area contributed by atoms with Gasteiger partial charge in [0.05, 0.1) is 0 Å². The highest BCUT2D eigenvalue weighted by Gasteiger charge is 2.10. The van der Waals surface area contributed by atoms with Crippen LogP contribution in [0.25, 0.3) is 0 Å². The molecule has 0 aliphatic carbocycles. The molecule has 1 heterocycles. The molecule has 0 fully saturated rings. The monoisotopic (exact) mass is 274 g/mol. The van der Waals surface area contributed by atoms with Crippen molar-refractivity contribution < 1.29 is 4.39 Å². The number of nitrogen functional groups attached to an aromatic ring is 1. The maximum Gasteiger partial charge on any atom is 0.135 e. The van der Waals surface area contributed by atoms with Crippen LogP contribution >= 0.6 is 0 Å². The van der Waals surface area contributed by atoms with Crippen molar-refractivity contribution in [3.63, 3.8) is 0 Å². The van der Waals surface area contributed by atoms with Gasteiger partial charge in [0.15, 0.2) is 0 Å². The molecule has 106 valence electrons. The average Bonchev–Trinajstić information content (AvgIpc) is 2.40. The van der Waals surface area contributed by atoms with Crippen LogP contribution in [0.1, 0.15) is 31.2 Å². The van der Waals surface area contributed by atoms with E-state index in [0.717, 1.165) is 17.2 Å². The van der Waals surface area contributed by atoms with Crippen molar-refractivity contribution >= 4 is 11.6 Å². The van der Waals surface area contributed by atoms with Gasteiger partial charge in [0.1, 0.15) is 23.3 Å². The Labute approximate surface area is 118 Å². The molecule has 2 N–H and O–H groups in total. The van der Waals surface area contributed by atoms with Crippen molar-refractivity contribution in [1.29, 1.82) is 0 Å². The normalized spacial score (nSPS) is 10.8. The molecule has 1 aromatic carbocycles. The van der Waals surface area contributed by atoms with E-state index >= 15 is 0 Å². The highest BCUT2D eigenvalue weighted by atomic mass is 19.1. The Morgan fingerprint density at radius 2 is 1.85 bits per heavy atom. The molecule has 0 unspecified atom stereocenters. The Morgan fingerprint density at radius 3 is 2.45 bits per heavy atom. The first-order valence-corrected chi connectivity index (χ1v) is 6.55. The lowest BCUT2D eigenvalue weighted by Crippen LogP contribution is -2.19. The molecule has 0 atom stereocenters. The summed E-state index contributed by atoms with van der Waals surface area (Å²) < 4.78 is 12.9. The topological polar surface area (TPSA) is 55.0 Å². The summed E-state index contributed by atoms with van der Waals surface area (Å²) in [6.07, 6.45) is 0. The van der Waals surface area contributed by atoms with Gasteiger partial charge in [-0.3, -0.25) is 0 Å². The zero-order chi connectivity index (χ0) is 14.7. The maximum atomic E-state index is 12.9. The quantitative estimate of drug-likeness (QED) is 0.931. The lowest BCUT2D eigenvalue weighted by molar-refractivity contribution is 0.627. The van der Waals surface area contributed by atoms with Crippen molar-refractivity contribution in [3.8, 4) is 0 Å². The van der Waals surface area contributed by atoms with Gasteiger partial charge in [0.2, 0.25) is 0 Å². The van der Waals surface area contributed by atoms with Crippen LogP contribution < -0.4 is 10.6 Å². The molecule has 2 rings (SSSR count). The third-order valence-corrected chi connectivity index (χ3v) is 2.99. The van der Waals surface area contributed by atoms with Crippen molar-refractivity contribution in [2.45, 2.75) is 26.3 Å². The molecule has 1 aromatic heterocycles. The maximum absolute atomic E-state index is 12.9. The summed E-state index contributed by atoms with van der Waals surface area (Å²) >= 11 is 0. The molecule has 0 radical (unpaired) electrons. The van der Waals surface area contributed by atoms with E-state index in [0.29, 0.717) is 12.4 Å². The molecule has 0 bridgehead atoms. The molecule has 0 aliphatic heterocycles. The Kier molecular flexibility index (Phi) is 4.17. The van der Waals surface area contributed by atoms with Crippen molar-refractivity contribution in [3.05, 3.63) is 47.5 Å². The summed E-state index contributed by atoms with van der Waals surface area (Å²) in [6, 6.07) is 8.18. The molecule has 0 spiro atoms. The number of nitrogens with zero attached hydrogens (tertiary/aromatic N) is 3. The number of hydrogen-bond donors (Lipinski definition) is 1. The zero-order valence-electron chi connectivity index (χ0n) is 12.0. The predicted molar refractivity (Wildman–Crippen MR) is 79.0 cm³/mol. The summed E-state index contributed by atoms with van der Waals surface area (Å²) in [4.78, 5) is 10.7. The number of halogens is 1. The van der Waals surface area contributed by atoms with E-state index in [9.17, 15) is 4.39 Å². The third kappa shape index (κ3) is 3.44. The Hall–Kier alpha value is -2.17. The van der Waals surface area contributed by atoms with Gasteiger partial charge in [-0.15, -0.1) is 0 Å². The lowest BCUT2D eigenvalue weighted by atomic mass is 10.2. The third-order valence-electron chi connectivity index (χ3n) is 2.99. The summed E-state index contributed by atoms with van der Waals surface area (Å²) in [5.74, 6) is 1.95. The van der Waals surface area contributed by atoms with Crippen LogP contribution in [0, 0.1) is 5.82 Å². The number of anilines is 2. The molecule has 0 aliphatic rings. The Bertz CT molecular complexity index is 581. The number of rotatable bonds is 4. The number of nitrogens with two attached hydrogens (primary N) is 1. The Balaban J connectivity index is 2.20. The zero-order valence-corrected chi connectivity index (χ0v) is 12.0. The lowest BCUT2D eigenvalue weighted by Gasteiger charge is -2.19. The molecule has 0 saturated heterocycles. The molecule has 5 heteroatoms. The fourth-order valence-corrected chi connectivity index (χ4v) is 1.87. The van der Waals surface area contributed by atoms with Crippen molar-refractivity contribution in [1.82, 2.24) is 9.97 Å². The second-order valence-corrected chi connectivity index (χ2v) is 5.15. The largest absolute Gasteiger partial charge is 0.384 e. The summed E-state index contributed by atoms with van der Waals surface area (Å²) in [5, 5.41) is 0. The van der Waals surface area contributed by atoms with Gasteiger partial charge in [-0.05, 0) is 17.7 Å². The second-order valence-electron chi connectivity index (χ2n) is 5.15. The van der Waals surface area contributed by atoms with Crippen LogP contribution in [0.5, 0.6) is 0 Å². The van der Waals surface area contributed by atoms with E-state index in [4.69, 9.17) is 5.73 Å². The van der Waals surface area contributed by atoms with Crippen LogP contribution in [-0.4, -0.2) is 17.0 Å². The summed E-state index contributed by atoms with van der Waals surface area (Å²) in [6.45, 7) is 4.69. The van der Waals surface area contributed by atoms with Gasteiger partial charge < -0.3 is 10.6 Å². The molecular weight excluding hydrogens is 255 g/mol. The first kappa shape index (κ1) is 14.2. The minimum Gasteiger partial charge on any atom is -0.384 e. The van der Waals surface area contributed by atoms with Gasteiger partial charge in [-0.2, -0.15) is 0 Å². The minimum absolute atomic E-state index is 0.219. The van der Waals surface area contributed by atoms with E-state index < -0.39 is 0 Å².